The number of benzene rings is 3. The van der Waals surface area contributed by atoms with Crippen molar-refractivity contribution >= 4 is 11.6 Å². The molecule has 0 aliphatic carbocycles. The Hall–Kier alpha value is -3.47. The molecule has 5 heteroatoms. The zero-order chi connectivity index (χ0) is 19.9. The quantitative estimate of drug-likeness (QED) is 0.635. The van der Waals surface area contributed by atoms with E-state index < -0.39 is 0 Å². The average Bonchev–Trinajstić information content (AvgIpc) is 2.79. The van der Waals surface area contributed by atoms with Crippen molar-refractivity contribution in [2.75, 3.05) is 37.7 Å². The summed E-state index contributed by atoms with van der Waals surface area (Å²) in [4.78, 5) is 16.6. The predicted molar refractivity (Wildman–Crippen MR) is 114 cm³/mol. The van der Waals surface area contributed by atoms with Crippen LogP contribution in [0, 0.1) is 0 Å². The first-order chi connectivity index (χ1) is 14.3. The molecule has 1 fully saturated rings. The number of carbonyl (C=O) groups is 1. The van der Waals surface area contributed by atoms with Crippen molar-refractivity contribution in [2.24, 2.45) is 0 Å². The third-order valence-corrected chi connectivity index (χ3v) is 4.91. The zero-order valence-electron chi connectivity index (χ0n) is 16.2. The second kappa shape index (κ2) is 9.15. The van der Waals surface area contributed by atoms with E-state index in [-0.39, 0.29) is 12.5 Å². The minimum Gasteiger partial charge on any atom is -0.484 e. The third-order valence-electron chi connectivity index (χ3n) is 4.91. The fraction of sp³-hybridized carbons (Fsp3) is 0.208. The van der Waals surface area contributed by atoms with Crippen LogP contribution in [0.1, 0.15) is 0 Å². The minimum absolute atomic E-state index is 0.0160. The van der Waals surface area contributed by atoms with E-state index in [0.717, 1.165) is 30.3 Å². The molecule has 3 aromatic rings. The Balaban J connectivity index is 1.34. The maximum absolute atomic E-state index is 12.5. The van der Waals surface area contributed by atoms with Crippen molar-refractivity contribution in [2.45, 2.75) is 0 Å². The molecule has 1 saturated heterocycles. The Bertz CT molecular complexity index is 923. The van der Waals surface area contributed by atoms with Crippen LogP contribution in [-0.2, 0) is 4.79 Å². The number of rotatable bonds is 6. The molecule has 5 nitrogen and oxygen atoms in total. The van der Waals surface area contributed by atoms with Gasteiger partial charge in [0.2, 0.25) is 0 Å². The van der Waals surface area contributed by atoms with Gasteiger partial charge in [0.1, 0.15) is 11.5 Å². The number of nitrogens with zero attached hydrogens (tertiary/aromatic N) is 2. The van der Waals surface area contributed by atoms with Crippen molar-refractivity contribution < 1.29 is 14.3 Å². The van der Waals surface area contributed by atoms with Gasteiger partial charge in [-0.1, -0.05) is 48.5 Å². The molecule has 1 aliphatic heterocycles. The first-order valence-electron chi connectivity index (χ1n) is 9.82. The molecule has 0 saturated carbocycles. The Morgan fingerprint density at radius 1 is 0.724 bits per heavy atom. The first-order valence-corrected chi connectivity index (χ1v) is 9.82. The molecule has 1 aliphatic rings. The number of ether oxygens (including phenoxy) is 2. The predicted octanol–water partition coefficient (Wildman–Crippen LogP) is 4.21. The van der Waals surface area contributed by atoms with Crippen LogP contribution in [-0.4, -0.2) is 43.6 Å². The molecule has 0 N–H and O–H groups in total. The van der Waals surface area contributed by atoms with E-state index in [2.05, 4.69) is 11.0 Å². The maximum atomic E-state index is 12.5. The van der Waals surface area contributed by atoms with Crippen LogP contribution in [0.3, 0.4) is 0 Å². The molecule has 0 atom stereocenters. The molecule has 148 valence electrons. The van der Waals surface area contributed by atoms with Gasteiger partial charge < -0.3 is 19.3 Å². The smallest absolute Gasteiger partial charge is 0.260 e. The minimum atomic E-state index is 0.0160. The van der Waals surface area contributed by atoms with Gasteiger partial charge in [-0.25, -0.2) is 0 Å². The lowest BCUT2D eigenvalue weighted by atomic mass is 10.2. The Morgan fingerprint density at radius 3 is 2.00 bits per heavy atom. The van der Waals surface area contributed by atoms with E-state index in [1.54, 1.807) is 0 Å². The number of anilines is 1. The highest BCUT2D eigenvalue weighted by Gasteiger charge is 2.23. The van der Waals surface area contributed by atoms with Gasteiger partial charge in [0.05, 0.1) is 5.69 Å². The van der Waals surface area contributed by atoms with E-state index in [0.29, 0.717) is 18.8 Å². The topological polar surface area (TPSA) is 42.0 Å². The summed E-state index contributed by atoms with van der Waals surface area (Å²) in [5.74, 6) is 2.37. The van der Waals surface area contributed by atoms with Gasteiger partial charge in [-0.15, -0.1) is 0 Å². The summed E-state index contributed by atoms with van der Waals surface area (Å²) in [6.07, 6.45) is 0. The number of carbonyl (C=O) groups excluding carboxylic acids is 1. The lowest BCUT2D eigenvalue weighted by Gasteiger charge is -2.36. The van der Waals surface area contributed by atoms with Crippen molar-refractivity contribution in [3.05, 3.63) is 84.9 Å². The molecule has 0 spiro atoms. The highest BCUT2D eigenvalue weighted by atomic mass is 16.5. The van der Waals surface area contributed by atoms with E-state index in [4.69, 9.17) is 9.47 Å². The number of amides is 1. The van der Waals surface area contributed by atoms with Crippen molar-refractivity contribution in [3.63, 3.8) is 0 Å². The fourth-order valence-electron chi connectivity index (χ4n) is 3.37. The zero-order valence-corrected chi connectivity index (χ0v) is 16.2. The maximum Gasteiger partial charge on any atom is 0.260 e. The van der Waals surface area contributed by atoms with Gasteiger partial charge in [0.25, 0.3) is 5.91 Å². The molecule has 29 heavy (non-hydrogen) atoms. The third kappa shape index (κ3) is 4.88. The highest BCUT2D eigenvalue weighted by molar-refractivity contribution is 5.78. The summed E-state index contributed by atoms with van der Waals surface area (Å²) >= 11 is 0. The second-order valence-electron chi connectivity index (χ2n) is 6.85. The lowest BCUT2D eigenvalue weighted by molar-refractivity contribution is -0.133. The molecule has 0 bridgehead atoms. The van der Waals surface area contributed by atoms with E-state index >= 15 is 0 Å². The first kappa shape index (κ1) is 18.9. The van der Waals surface area contributed by atoms with Gasteiger partial charge in [-0.05, 0) is 36.4 Å². The standard InChI is InChI=1S/C24H24N2O3/c27-24(19-28-20-9-3-1-4-10-20)26-17-15-25(16-18-26)22-13-7-8-14-23(22)29-21-11-5-2-6-12-21/h1-14H,15-19H2. The van der Waals surface area contributed by atoms with Crippen LogP contribution in [0.4, 0.5) is 5.69 Å². The van der Waals surface area contributed by atoms with Crippen LogP contribution >= 0.6 is 0 Å². The van der Waals surface area contributed by atoms with Crippen molar-refractivity contribution in [1.29, 1.82) is 0 Å². The molecule has 0 radical (unpaired) electrons. The monoisotopic (exact) mass is 388 g/mol. The van der Waals surface area contributed by atoms with Gasteiger partial charge in [-0.2, -0.15) is 0 Å². The summed E-state index contributed by atoms with van der Waals surface area (Å²) in [6.45, 7) is 2.91. The van der Waals surface area contributed by atoms with Crippen LogP contribution in [0.2, 0.25) is 0 Å². The molecule has 3 aromatic carbocycles. The molecule has 0 aromatic heterocycles. The Labute approximate surface area is 171 Å². The van der Waals surface area contributed by atoms with E-state index in [9.17, 15) is 4.79 Å². The highest BCUT2D eigenvalue weighted by Crippen LogP contribution is 2.32. The van der Waals surface area contributed by atoms with Crippen molar-refractivity contribution in [3.8, 4) is 17.2 Å². The van der Waals surface area contributed by atoms with Crippen molar-refractivity contribution in [1.82, 2.24) is 4.90 Å². The molecular weight excluding hydrogens is 364 g/mol. The molecule has 1 heterocycles. The average molecular weight is 388 g/mol. The largest absolute Gasteiger partial charge is 0.484 e. The van der Waals surface area contributed by atoms with Crippen LogP contribution in [0.5, 0.6) is 17.2 Å². The number of para-hydroxylation sites is 4. The summed E-state index contributed by atoms with van der Waals surface area (Å²) in [6, 6.07) is 27.2. The summed E-state index contributed by atoms with van der Waals surface area (Å²) in [5.41, 5.74) is 1.05. The molecular formula is C24H24N2O3. The van der Waals surface area contributed by atoms with Crippen LogP contribution in [0.15, 0.2) is 84.9 Å². The number of hydrogen-bond acceptors (Lipinski definition) is 4. The second-order valence-corrected chi connectivity index (χ2v) is 6.85. The summed E-state index contributed by atoms with van der Waals surface area (Å²) in [5, 5.41) is 0. The Kier molecular flexibility index (Phi) is 5.95. The lowest BCUT2D eigenvalue weighted by Crippen LogP contribution is -2.50. The molecule has 1 amide bonds. The van der Waals surface area contributed by atoms with Gasteiger partial charge >= 0.3 is 0 Å². The molecule has 4 rings (SSSR count). The van der Waals surface area contributed by atoms with E-state index in [1.165, 1.54) is 0 Å². The van der Waals surface area contributed by atoms with Gasteiger partial charge in [0.15, 0.2) is 12.4 Å². The van der Waals surface area contributed by atoms with Crippen LogP contribution < -0.4 is 14.4 Å². The number of hydrogen-bond donors (Lipinski definition) is 0. The summed E-state index contributed by atoms with van der Waals surface area (Å²) < 4.78 is 11.7. The van der Waals surface area contributed by atoms with Gasteiger partial charge in [0, 0.05) is 26.2 Å². The molecule has 0 unspecified atom stereocenters. The van der Waals surface area contributed by atoms with E-state index in [1.807, 2.05) is 83.8 Å². The Morgan fingerprint density at radius 2 is 1.31 bits per heavy atom. The number of piperazine rings is 1. The SMILES string of the molecule is O=C(COc1ccccc1)N1CCN(c2ccccc2Oc2ccccc2)CC1. The fourth-order valence-corrected chi connectivity index (χ4v) is 3.37. The summed E-state index contributed by atoms with van der Waals surface area (Å²) in [7, 11) is 0. The van der Waals surface area contributed by atoms with Crippen LogP contribution in [0.25, 0.3) is 0 Å². The normalized spacial score (nSPS) is 13.8. The van der Waals surface area contributed by atoms with Gasteiger partial charge in [-0.3, -0.25) is 4.79 Å².